The zero-order valence-corrected chi connectivity index (χ0v) is 16.8. The maximum Gasteiger partial charge on any atom is 0.291 e. The lowest BCUT2D eigenvalue weighted by molar-refractivity contribution is -0.115. The lowest BCUT2D eigenvalue weighted by atomic mass is 10.1. The third-order valence-electron chi connectivity index (χ3n) is 4.19. The van der Waals surface area contributed by atoms with Gasteiger partial charge >= 0.3 is 0 Å². The number of carbonyl (C=O) groups is 2. The first-order chi connectivity index (χ1) is 13.4. The van der Waals surface area contributed by atoms with Crippen LogP contribution in [0.15, 0.2) is 70.2 Å². The van der Waals surface area contributed by atoms with E-state index >= 15 is 0 Å². The van der Waals surface area contributed by atoms with E-state index in [1.165, 1.54) is 18.0 Å². The number of hydrogen-bond donors (Lipinski definition) is 2. The minimum absolute atomic E-state index is 0.0473. The molecular formula is C22H22N2O3S. The summed E-state index contributed by atoms with van der Waals surface area (Å²) in [5, 5.41) is 5.51. The van der Waals surface area contributed by atoms with Crippen LogP contribution in [-0.2, 0) is 4.79 Å². The number of thioether (sulfide) groups is 1. The average molecular weight is 394 g/mol. The van der Waals surface area contributed by atoms with Crippen LogP contribution in [0.2, 0.25) is 0 Å². The number of carbonyl (C=O) groups excluding carboxylic acids is 2. The molecule has 2 N–H and O–H groups in total. The minimum Gasteiger partial charge on any atom is -0.459 e. The number of rotatable bonds is 6. The molecule has 6 heteroatoms. The van der Waals surface area contributed by atoms with E-state index in [2.05, 4.69) is 10.6 Å². The molecule has 2 amide bonds. The molecule has 1 atom stereocenters. The van der Waals surface area contributed by atoms with Crippen LogP contribution in [0.3, 0.4) is 0 Å². The molecule has 144 valence electrons. The van der Waals surface area contributed by atoms with Gasteiger partial charge in [-0.1, -0.05) is 12.1 Å². The highest BCUT2D eigenvalue weighted by molar-refractivity contribution is 8.00. The summed E-state index contributed by atoms with van der Waals surface area (Å²) in [6, 6.07) is 16.6. The second kappa shape index (κ2) is 8.80. The van der Waals surface area contributed by atoms with Gasteiger partial charge in [0.1, 0.15) is 0 Å². The van der Waals surface area contributed by atoms with Gasteiger partial charge in [-0.25, -0.2) is 0 Å². The van der Waals surface area contributed by atoms with Crippen molar-refractivity contribution >= 4 is 35.0 Å². The van der Waals surface area contributed by atoms with Crippen LogP contribution in [0, 0.1) is 13.8 Å². The Morgan fingerprint density at radius 2 is 1.75 bits per heavy atom. The third-order valence-corrected chi connectivity index (χ3v) is 5.30. The molecule has 0 saturated carbocycles. The van der Waals surface area contributed by atoms with Crippen molar-refractivity contribution in [1.82, 2.24) is 0 Å². The molecule has 1 heterocycles. The van der Waals surface area contributed by atoms with Gasteiger partial charge in [-0.3, -0.25) is 9.59 Å². The van der Waals surface area contributed by atoms with Crippen LogP contribution >= 0.6 is 11.8 Å². The number of anilines is 2. The molecule has 3 aromatic rings. The van der Waals surface area contributed by atoms with Crippen molar-refractivity contribution < 1.29 is 14.0 Å². The van der Waals surface area contributed by atoms with Gasteiger partial charge in [0.25, 0.3) is 5.91 Å². The van der Waals surface area contributed by atoms with Crippen LogP contribution < -0.4 is 10.6 Å². The lowest BCUT2D eigenvalue weighted by Crippen LogP contribution is -2.22. The van der Waals surface area contributed by atoms with Crippen LogP contribution in [0.4, 0.5) is 11.4 Å². The van der Waals surface area contributed by atoms with Gasteiger partial charge < -0.3 is 15.1 Å². The standard InChI is InChI=1S/C22H22N2O3S/c1-14-6-7-15(2)19(13-14)24-21(25)16(3)28-18-10-8-17(9-11-18)23-22(26)20-5-4-12-27-20/h4-13,16H,1-3H3,(H,23,26)(H,24,25). The highest BCUT2D eigenvalue weighted by atomic mass is 32.2. The van der Waals surface area contributed by atoms with Crippen molar-refractivity contribution in [3.05, 3.63) is 77.7 Å². The van der Waals surface area contributed by atoms with Crippen LogP contribution in [-0.4, -0.2) is 17.1 Å². The van der Waals surface area contributed by atoms with E-state index in [4.69, 9.17) is 4.42 Å². The highest BCUT2D eigenvalue weighted by Gasteiger charge is 2.16. The van der Waals surface area contributed by atoms with Gasteiger partial charge in [0, 0.05) is 16.3 Å². The van der Waals surface area contributed by atoms with Crippen molar-refractivity contribution in [3.8, 4) is 0 Å². The number of benzene rings is 2. The van der Waals surface area contributed by atoms with Crippen molar-refractivity contribution in [1.29, 1.82) is 0 Å². The summed E-state index contributed by atoms with van der Waals surface area (Å²) in [7, 11) is 0. The van der Waals surface area contributed by atoms with Gasteiger partial charge in [-0.15, -0.1) is 11.8 Å². The van der Waals surface area contributed by atoms with Crippen molar-refractivity contribution in [2.45, 2.75) is 30.9 Å². The van der Waals surface area contributed by atoms with Crippen molar-refractivity contribution in [2.24, 2.45) is 0 Å². The number of furan rings is 1. The van der Waals surface area contributed by atoms with Gasteiger partial charge in [0.05, 0.1) is 11.5 Å². The molecular weight excluding hydrogens is 372 g/mol. The van der Waals surface area contributed by atoms with Gasteiger partial charge in [-0.2, -0.15) is 0 Å². The Hall–Kier alpha value is -2.99. The third kappa shape index (κ3) is 5.04. The predicted octanol–water partition coefficient (Wildman–Crippen LogP) is 5.27. The Bertz CT molecular complexity index is 966. The molecule has 2 aromatic carbocycles. The molecule has 0 aliphatic rings. The van der Waals surface area contributed by atoms with E-state index in [9.17, 15) is 9.59 Å². The Kier molecular flexibility index (Phi) is 6.21. The highest BCUT2D eigenvalue weighted by Crippen LogP contribution is 2.26. The van der Waals surface area contributed by atoms with E-state index in [1.807, 2.05) is 51.1 Å². The maximum atomic E-state index is 12.5. The summed E-state index contributed by atoms with van der Waals surface area (Å²) >= 11 is 1.46. The minimum atomic E-state index is -0.299. The number of amides is 2. The second-order valence-corrected chi connectivity index (χ2v) is 7.94. The fourth-order valence-corrected chi connectivity index (χ4v) is 3.45. The van der Waals surface area contributed by atoms with E-state index < -0.39 is 0 Å². The summed E-state index contributed by atoms with van der Waals surface area (Å²) in [5.41, 5.74) is 3.65. The summed E-state index contributed by atoms with van der Waals surface area (Å²) in [6.45, 7) is 5.85. The van der Waals surface area contributed by atoms with E-state index in [1.54, 1.807) is 24.3 Å². The smallest absolute Gasteiger partial charge is 0.291 e. The fourth-order valence-electron chi connectivity index (χ4n) is 2.58. The Balaban J connectivity index is 1.57. The summed E-state index contributed by atoms with van der Waals surface area (Å²) < 4.78 is 5.07. The quantitative estimate of drug-likeness (QED) is 0.559. The number of hydrogen-bond acceptors (Lipinski definition) is 4. The molecule has 0 bridgehead atoms. The summed E-state index contributed by atoms with van der Waals surface area (Å²) in [4.78, 5) is 25.5. The van der Waals surface area contributed by atoms with Gasteiger partial charge in [-0.05, 0) is 74.4 Å². The molecule has 3 rings (SSSR count). The molecule has 0 fully saturated rings. The van der Waals surface area contributed by atoms with Crippen LogP contribution in [0.5, 0.6) is 0 Å². The first kappa shape index (κ1) is 19.8. The van der Waals surface area contributed by atoms with Crippen molar-refractivity contribution in [3.63, 3.8) is 0 Å². The van der Waals surface area contributed by atoms with Crippen molar-refractivity contribution in [2.75, 3.05) is 10.6 Å². The monoisotopic (exact) mass is 394 g/mol. The largest absolute Gasteiger partial charge is 0.459 e. The Morgan fingerprint density at radius 3 is 2.43 bits per heavy atom. The number of aryl methyl sites for hydroxylation is 2. The summed E-state index contributed by atoms with van der Waals surface area (Å²) in [5.74, 6) is -0.0873. The first-order valence-electron chi connectivity index (χ1n) is 8.92. The molecule has 5 nitrogen and oxygen atoms in total. The molecule has 0 aliphatic carbocycles. The molecule has 1 aromatic heterocycles. The Morgan fingerprint density at radius 1 is 1.00 bits per heavy atom. The fraction of sp³-hybridized carbons (Fsp3) is 0.182. The zero-order chi connectivity index (χ0) is 20.1. The van der Waals surface area contributed by atoms with E-state index in [-0.39, 0.29) is 22.8 Å². The number of nitrogens with one attached hydrogen (secondary N) is 2. The molecule has 0 saturated heterocycles. The average Bonchev–Trinajstić information content (AvgIpc) is 3.21. The second-order valence-electron chi connectivity index (χ2n) is 6.52. The van der Waals surface area contributed by atoms with E-state index in [0.29, 0.717) is 5.69 Å². The van der Waals surface area contributed by atoms with Crippen LogP contribution in [0.1, 0.15) is 28.6 Å². The van der Waals surface area contributed by atoms with Crippen LogP contribution in [0.25, 0.3) is 0 Å². The predicted molar refractivity (Wildman–Crippen MR) is 113 cm³/mol. The SMILES string of the molecule is Cc1ccc(C)c(NC(=O)C(C)Sc2ccc(NC(=O)c3ccco3)cc2)c1. The molecule has 0 spiro atoms. The topological polar surface area (TPSA) is 71.3 Å². The molecule has 0 radical (unpaired) electrons. The van der Waals surface area contributed by atoms with Gasteiger partial charge in [0.2, 0.25) is 5.91 Å². The summed E-state index contributed by atoms with van der Waals surface area (Å²) in [6.07, 6.45) is 1.46. The Labute approximate surface area is 168 Å². The first-order valence-corrected chi connectivity index (χ1v) is 9.80. The normalized spacial score (nSPS) is 11.7. The maximum absolute atomic E-state index is 12.5. The zero-order valence-electron chi connectivity index (χ0n) is 16.0. The van der Waals surface area contributed by atoms with Gasteiger partial charge in [0.15, 0.2) is 5.76 Å². The molecule has 28 heavy (non-hydrogen) atoms. The lowest BCUT2D eigenvalue weighted by Gasteiger charge is -2.14. The molecule has 1 unspecified atom stereocenters. The molecule has 0 aliphatic heterocycles. The van der Waals surface area contributed by atoms with E-state index in [0.717, 1.165) is 21.7 Å².